The maximum Gasteiger partial charge on any atom is 0.204 e. The average Bonchev–Trinajstić information content (AvgIpc) is 3.56. The summed E-state index contributed by atoms with van der Waals surface area (Å²) < 4.78 is 5.93. The molecule has 1 aliphatic carbocycles. The Morgan fingerprint density at radius 1 is 0.969 bits per heavy atom. The molecule has 2 heterocycles. The highest BCUT2D eigenvalue weighted by molar-refractivity contribution is 7.09. The number of aryl methyl sites for hydroxylation is 1. The van der Waals surface area contributed by atoms with Gasteiger partial charge in [0.2, 0.25) is 5.82 Å². The van der Waals surface area contributed by atoms with Crippen LogP contribution in [0.1, 0.15) is 55.2 Å². The van der Waals surface area contributed by atoms with Gasteiger partial charge in [-0.25, -0.2) is 4.98 Å². The van der Waals surface area contributed by atoms with E-state index in [-0.39, 0.29) is 5.41 Å². The van der Waals surface area contributed by atoms with Crippen LogP contribution < -0.4 is 4.74 Å². The van der Waals surface area contributed by atoms with E-state index in [9.17, 15) is 0 Å². The van der Waals surface area contributed by atoms with Gasteiger partial charge in [-0.2, -0.15) is 4.80 Å². The van der Waals surface area contributed by atoms with Crippen molar-refractivity contribution in [2.45, 2.75) is 57.6 Å². The van der Waals surface area contributed by atoms with Crippen LogP contribution in [0.2, 0.25) is 0 Å². The Morgan fingerprint density at radius 3 is 2.31 bits per heavy atom. The highest BCUT2D eigenvalue weighted by atomic mass is 32.1. The fourth-order valence-corrected chi connectivity index (χ4v) is 5.20. The number of hydrogen-bond donors (Lipinski definition) is 0. The fourth-order valence-electron chi connectivity index (χ4n) is 4.67. The standard InChI is InChI=1S/C25H27N5OS/c1-2-30-28-24(27-29-30)19-6-8-20(9-7-19)25(14-4-3-5-15-25)21-10-12-22(13-11-21)31-18-23-26-16-17-32-23/h6-13,16-17H,2-5,14-15,18H2,1H3. The lowest BCUT2D eigenvalue weighted by atomic mass is 9.65. The van der Waals surface area contributed by atoms with Crippen LogP contribution in [-0.4, -0.2) is 25.2 Å². The number of hydrogen-bond acceptors (Lipinski definition) is 6. The molecule has 0 saturated heterocycles. The highest BCUT2D eigenvalue weighted by Gasteiger charge is 2.35. The van der Waals surface area contributed by atoms with Crippen molar-refractivity contribution < 1.29 is 4.74 Å². The second-order valence-corrected chi connectivity index (χ2v) is 9.24. The van der Waals surface area contributed by atoms with Crippen molar-refractivity contribution in [3.05, 3.63) is 76.2 Å². The molecule has 0 amide bonds. The lowest BCUT2D eigenvalue weighted by molar-refractivity contribution is 0.304. The van der Waals surface area contributed by atoms with Gasteiger partial charge in [0.15, 0.2) is 0 Å². The first-order valence-corrected chi connectivity index (χ1v) is 12.2. The number of nitrogens with zero attached hydrogens (tertiary/aromatic N) is 5. The van der Waals surface area contributed by atoms with E-state index in [1.807, 2.05) is 18.5 Å². The molecule has 0 unspecified atom stereocenters. The molecule has 1 saturated carbocycles. The third-order valence-corrected chi connectivity index (χ3v) is 7.14. The Balaban J connectivity index is 1.39. The van der Waals surface area contributed by atoms with Crippen LogP contribution >= 0.6 is 11.3 Å². The van der Waals surface area contributed by atoms with Crippen LogP contribution in [0.3, 0.4) is 0 Å². The van der Waals surface area contributed by atoms with Crippen LogP contribution in [0.25, 0.3) is 11.4 Å². The Kier molecular flexibility index (Phi) is 5.99. The number of tetrazole rings is 1. The summed E-state index contributed by atoms with van der Waals surface area (Å²) in [5.74, 6) is 1.56. The third-order valence-electron chi connectivity index (χ3n) is 6.39. The van der Waals surface area contributed by atoms with Gasteiger partial charge in [-0.15, -0.1) is 21.5 Å². The van der Waals surface area contributed by atoms with Gasteiger partial charge in [0.05, 0.1) is 6.54 Å². The molecule has 0 atom stereocenters. The summed E-state index contributed by atoms with van der Waals surface area (Å²) in [5, 5.41) is 15.7. The molecule has 5 rings (SSSR count). The van der Waals surface area contributed by atoms with Crippen LogP contribution in [0, 0.1) is 0 Å². The molecule has 32 heavy (non-hydrogen) atoms. The number of thiazole rings is 1. The molecule has 7 heteroatoms. The van der Waals surface area contributed by atoms with Gasteiger partial charge < -0.3 is 4.74 Å². The number of aromatic nitrogens is 5. The van der Waals surface area contributed by atoms with Crippen LogP contribution in [0.5, 0.6) is 5.75 Å². The number of ether oxygens (including phenoxy) is 1. The summed E-state index contributed by atoms with van der Waals surface area (Å²) in [6.45, 7) is 3.24. The van der Waals surface area contributed by atoms with E-state index in [2.05, 4.69) is 68.9 Å². The van der Waals surface area contributed by atoms with Crippen LogP contribution in [0.15, 0.2) is 60.1 Å². The van der Waals surface area contributed by atoms with E-state index in [0.717, 1.165) is 35.7 Å². The SMILES string of the molecule is CCn1nnc(-c2ccc(C3(c4ccc(OCc5nccs5)cc4)CCCCC3)cc2)n1. The number of benzene rings is 2. The van der Waals surface area contributed by atoms with Crippen molar-refractivity contribution in [3.8, 4) is 17.1 Å². The van der Waals surface area contributed by atoms with Crippen molar-refractivity contribution in [2.24, 2.45) is 0 Å². The largest absolute Gasteiger partial charge is 0.486 e. The van der Waals surface area contributed by atoms with Crippen LogP contribution in [0.4, 0.5) is 0 Å². The minimum absolute atomic E-state index is 0.0407. The zero-order chi connectivity index (χ0) is 21.8. The molecule has 0 N–H and O–H groups in total. The Bertz CT molecular complexity index is 1130. The lowest BCUT2D eigenvalue weighted by Crippen LogP contribution is -2.30. The van der Waals surface area contributed by atoms with Crippen molar-refractivity contribution in [2.75, 3.05) is 0 Å². The van der Waals surface area contributed by atoms with Crippen molar-refractivity contribution in [1.82, 2.24) is 25.2 Å². The van der Waals surface area contributed by atoms with Gasteiger partial charge >= 0.3 is 0 Å². The molecule has 0 bridgehead atoms. The van der Waals surface area contributed by atoms with Gasteiger partial charge in [-0.1, -0.05) is 55.7 Å². The molecule has 0 aliphatic heterocycles. The monoisotopic (exact) mass is 445 g/mol. The summed E-state index contributed by atoms with van der Waals surface area (Å²) in [7, 11) is 0. The maximum absolute atomic E-state index is 5.93. The summed E-state index contributed by atoms with van der Waals surface area (Å²) >= 11 is 1.62. The van der Waals surface area contributed by atoms with Gasteiger partial charge in [-0.3, -0.25) is 0 Å². The zero-order valence-corrected chi connectivity index (χ0v) is 19.1. The zero-order valence-electron chi connectivity index (χ0n) is 18.3. The quantitative estimate of drug-likeness (QED) is 0.368. The van der Waals surface area contributed by atoms with Gasteiger partial charge in [0.25, 0.3) is 0 Å². The van der Waals surface area contributed by atoms with Gasteiger partial charge in [0, 0.05) is 22.6 Å². The molecule has 0 radical (unpaired) electrons. The predicted molar refractivity (Wildman–Crippen MR) is 126 cm³/mol. The molecular weight excluding hydrogens is 418 g/mol. The van der Waals surface area contributed by atoms with Crippen molar-refractivity contribution in [1.29, 1.82) is 0 Å². The lowest BCUT2D eigenvalue weighted by Gasteiger charge is -2.38. The van der Waals surface area contributed by atoms with Crippen molar-refractivity contribution in [3.63, 3.8) is 0 Å². The minimum atomic E-state index is 0.0407. The normalized spacial score (nSPS) is 15.5. The van der Waals surface area contributed by atoms with Gasteiger partial charge in [-0.05, 0) is 48.2 Å². The molecule has 6 nitrogen and oxygen atoms in total. The van der Waals surface area contributed by atoms with E-state index >= 15 is 0 Å². The molecule has 4 aromatic rings. The van der Waals surface area contributed by atoms with E-state index in [1.54, 1.807) is 16.1 Å². The summed E-state index contributed by atoms with van der Waals surface area (Å²) in [4.78, 5) is 5.90. The summed E-state index contributed by atoms with van der Waals surface area (Å²) in [5.41, 5.74) is 3.77. The number of rotatable bonds is 7. The topological polar surface area (TPSA) is 65.7 Å². The first-order valence-electron chi connectivity index (χ1n) is 11.3. The summed E-state index contributed by atoms with van der Waals surface area (Å²) in [6.07, 6.45) is 7.93. The molecule has 2 aromatic carbocycles. The highest BCUT2D eigenvalue weighted by Crippen LogP contribution is 2.45. The smallest absolute Gasteiger partial charge is 0.204 e. The van der Waals surface area contributed by atoms with Crippen LogP contribution in [-0.2, 0) is 18.6 Å². The molecule has 164 valence electrons. The first kappa shape index (κ1) is 20.8. The first-order chi connectivity index (χ1) is 15.8. The molecule has 1 fully saturated rings. The Labute approximate surface area is 192 Å². The minimum Gasteiger partial charge on any atom is -0.486 e. The Hall–Kier alpha value is -3.06. The molecule has 1 aliphatic rings. The second kappa shape index (κ2) is 9.20. The fraction of sp³-hybridized carbons (Fsp3) is 0.360. The molecular formula is C25H27N5OS. The molecule has 2 aromatic heterocycles. The maximum atomic E-state index is 5.93. The van der Waals surface area contributed by atoms with Crippen molar-refractivity contribution >= 4 is 11.3 Å². The van der Waals surface area contributed by atoms with E-state index < -0.39 is 0 Å². The van der Waals surface area contributed by atoms with E-state index in [4.69, 9.17) is 4.74 Å². The van der Waals surface area contributed by atoms with E-state index in [1.165, 1.54) is 30.4 Å². The van der Waals surface area contributed by atoms with Gasteiger partial charge in [0.1, 0.15) is 17.4 Å². The summed E-state index contributed by atoms with van der Waals surface area (Å²) in [6, 6.07) is 17.4. The Morgan fingerprint density at radius 2 is 1.69 bits per heavy atom. The second-order valence-electron chi connectivity index (χ2n) is 8.26. The van der Waals surface area contributed by atoms with E-state index in [0.29, 0.717) is 12.4 Å². The molecule has 0 spiro atoms. The predicted octanol–water partition coefficient (Wildman–Crippen LogP) is 5.65. The average molecular weight is 446 g/mol. The third kappa shape index (κ3) is 4.17.